The molecule has 1 atom stereocenters. The van der Waals surface area contributed by atoms with Crippen molar-refractivity contribution >= 4 is 17.6 Å². The largest absolute Gasteiger partial charge is 0.462 e. The van der Waals surface area contributed by atoms with Gasteiger partial charge in [0.25, 0.3) is 0 Å². The molecule has 2 aromatic rings. The number of aromatic nitrogens is 2. The average Bonchev–Trinajstić information content (AvgIpc) is 3.16. The van der Waals surface area contributed by atoms with Crippen LogP contribution < -0.4 is 15.8 Å². The number of rotatable bonds is 2. The summed E-state index contributed by atoms with van der Waals surface area (Å²) < 4.78 is 51.5. The Hall–Kier alpha value is -3.50. The maximum Gasteiger partial charge on any atom is 0.433 e. The highest BCUT2D eigenvalue weighted by molar-refractivity contribution is 6.17. The van der Waals surface area contributed by atoms with E-state index in [1.807, 2.05) is 5.10 Å². The number of nitrogens with two attached hydrogens (primary N) is 1. The van der Waals surface area contributed by atoms with Gasteiger partial charge in [-0.2, -0.15) is 13.2 Å². The van der Waals surface area contributed by atoms with E-state index in [0.717, 1.165) is 0 Å². The Morgan fingerprint density at radius 1 is 1.38 bits per heavy atom. The molecule has 2 aliphatic heterocycles. The monoisotopic (exact) mass is 408 g/mol. The van der Waals surface area contributed by atoms with Crippen LogP contribution in [0.25, 0.3) is 0 Å². The van der Waals surface area contributed by atoms with Crippen LogP contribution in [0.3, 0.4) is 0 Å². The number of carbonyl (C=O) groups is 2. The maximum absolute atomic E-state index is 13.8. The Kier molecular flexibility index (Phi) is 3.90. The van der Waals surface area contributed by atoms with Gasteiger partial charge in [0, 0.05) is 11.3 Å². The number of hydrogen-bond acceptors (Lipinski definition) is 6. The number of ether oxygens (including phenoxy) is 2. The van der Waals surface area contributed by atoms with E-state index in [4.69, 9.17) is 15.2 Å². The molecule has 3 heterocycles. The van der Waals surface area contributed by atoms with Gasteiger partial charge in [0.2, 0.25) is 17.7 Å². The zero-order valence-electron chi connectivity index (χ0n) is 15.2. The summed E-state index contributed by atoms with van der Waals surface area (Å²) in [5, 5.41) is 7.96. The molecule has 1 aromatic heterocycles. The van der Waals surface area contributed by atoms with E-state index in [1.165, 1.54) is 13.0 Å². The molecule has 11 heteroatoms. The summed E-state index contributed by atoms with van der Waals surface area (Å²) in [4.78, 5) is 26.0. The number of halogens is 3. The second-order valence-electron chi connectivity index (χ2n) is 6.59. The number of aryl methyl sites for hydroxylation is 1. The van der Waals surface area contributed by atoms with E-state index in [1.54, 1.807) is 19.1 Å². The van der Waals surface area contributed by atoms with Crippen molar-refractivity contribution in [1.82, 2.24) is 10.2 Å². The lowest BCUT2D eigenvalue weighted by molar-refractivity contribution is -0.144. The van der Waals surface area contributed by atoms with Crippen molar-refractivity contribution in [2.75, 3.05) is 11.9 Å². The normalized spacial score (nSPS) is 20.2. The van der Waals surface area contributed by atoms with Crippen LogP contribution in [-0.2, 0) is 25.9 Å². The van der Waals surface area contributed by atoms with Crippen LogP contribution >= 0.6 is 0 Å². The van der Waals surface area contributed by atoms with Crippen LogP contribution in [-0.4, -0.2) is 28.7 Å². The second-order valence-corrected chi connectivity index (χ2v) is 6.59. The summed E-state index contributed by atoms with van der Waals surface area (Å²) in [6.07, 6.45) is -4.91. The molecule has 0 radical (unpaired) electrons. The average molecular weight is 408 g/mol. The van der Waals surface area contributed by atoms with Gasteiger partial charge in [-0.1, -0.05) is 17.7 Å². The van der Waals surface area contributed by atoms with Gasteiger partial charge in [-0.15, -0.1) is 5.10 Å². The van der Waals surface area contributed by atoms with Crippen molar-refractivity contribution < 1.29 is 32.2 Å². The molecule has 2 aliphatic rings. The predicted molar refractivity (Wildman–Crippen MR) is 92.7 cm³/mol. The van der Waals surface area contributed by atoms with Crippen molar-refractivity contribution in [3.63, 3.8) is 0 Å². The van der Waals surface area contributed by atoms with Crippen LogP contribution in [0.2, 0.25) is 0 Å². The number of carbonyl (C=O) groups excluding carboxylic acids is 2. The summed E-state index contributed by atoms with van der Waals surface area (Å²) in [5.74, 6) is -3.04. The Labute approximate surface area is 161 Å². The topological polar surface area (TPSA) is 119 Å². The molecule has 1 unspecified atom stereocenters. The Balaban J connectivity index is 2.15. The van der Waals surface area contributed by atoms with E-state index in [0.29, 0.717) is 5.56 Å². The number of aromatic amines is 1. The number of amides is 1. The highest BCUT2D eigenvalue weighted by atomic mass is 19.4. The molecule has 8 nitrogen and oxygen atoms in total. The minimum atomic E-state index is -4.91. The van der Waals surface area contributed by atoms with Gasteiger partial charge >= 0.3 is 12.1 Å². The standard InChI is InChI=1S/C18H15F3N4O4/c1-3-28-15(26)11-13(22)29-14-10(12(24-25-14)18(19,20)21)17(11)8-6-7(2)4-5-9(8)23-16(17)27/h4-6H,3,22H2,1-2H3,(H,23,27)(H,24,25). The first kappa shape index (κ1) is 18.8. The molecular formula is C18H15F3N4O4. The van der Waals surface area contributed by atoms with E-state index in [2.05, 4.69) is 10.4 Å². The number of anilines is 1. The van der Waals surface area contributed by atoms with Gasteiger partial charge in [-0.25, -0.2) is 4.79 Å². The van der Waals surface area contributed by atoms with Gasteiger partial charge in [0.05, 0.1) is 12.2 Å². The number of benzene rings is 1. The summed E-state index contributed by atoms with van der Waals surface area (Å²) >= 11 is 0. The highest BCUT2D eigenvalue weighted by Gasteiger charge is 2.62. The fraction of sp³-hybridized carbons (Fsp3) is 0.278. The summed E-state index contributed by atoms with van der Waals surface area (Å²) in [6.45, 7) is 3.13. The molecule has 1 aromatic carbocycles. The number of H-pyrrole nitrogens is 1. The molecule has 152 valence electrons. The first-order valence-electron chi connectivity index (χ1n) is 8.56. The molecule has 0 fully saturated rings. The molecule has 0 saturated carbocycles. The lowest BCUT2D eigenvalue weighted by Crippen LogP contribution is -2.46. The number of nitrogens with zero attached hydrogens (tertiary/aromatic N) is 1. The van der Waals surface area contributed by atoms with Crippen LogP contribution in [0.15, 0.2) is 29.7 Å². The van der Waals surface area contributed by atoms with Crippen molar-refractivity contribution in [2.45, 2.75) is 25.4 Å². The van der Waals surface area contributed by atoms with E-state index in [-0.39, 0.29) is 17.9 Å². The number of fused-ring (bicyclic) bond motifs is 4. The van der Waals surface area contributed by atoms with Crippen LogP contribution in [0, 0.1) is 6.92 Å². The summed E-state index contributed by atoms with van der Waals surface area (Å²) in [6, 6.07) is 4.73. The van der Waals surface area contributed by atoms with Crippen molar-refractivity contribution in [3.8, 4) is 5.88 Å². The SMILES string of the molecule is CCOC(=O)C1=C(N)Oc2n[nH]c(C(F)(F)F)c2C12C(=O)Nc1ccc(C)cc12. The minimum absolute atomic E-state index is 0.0850. The Bertz CT molecular complexity index is 1090. The number of hydrogen-bond donors (Lipinski definition) is 3. The second kappa shape index (κ2) is 6.00. The predicted octanol–water partition coefficient (Wildman–Crippen LogP) is 2.10. The third kappa shape index (κ3) is 2.43. The third-order valence-corrected chi connectivity index (χ3v) is 4.87. The Morgan fingerprint density at radius 2 is 2.10 bits per heavy atom. The van der Waals surface area contributed by atoms with Crippen LogP contribution in [0.4, 0.5) is 18.9 Å². The fourth-order valence-electron chi connectivity index (χ4n) is 3.79. The molecule has 4 N–H and O–H groups in total. The van der Waals surface area contributed by atoms with E-state index >= 15 is 0 Å². The van der Waals surface area contributed by atoms with Gasteiger partial charge in [-0.05, 0) is 19.9 Å². The quantitative estimate of drug-likeness (QED) is 0.655. The maximum atomic E-state index is 13.8. The molecule has 1 spiro atoms. The third-order valence-electron chi connectivity index (χ3n) is 4.87. The molecule has 0 saturated heterocycles. The molecule has 29 heavy (non-hydrogen) atoms. The van der Waals surface area contributed by atoms with Gasteiger partial charge in [0.1, 0.15) is 16.7 Å². The minimum Gasteiger partial charge on any atom is -0.462 e. The summed E-state index contributed by atoms with van der Waals surface area (Å²) in [7, 11) is 0. The first-order chi connectivity index (χ1) is 13.6. The van der Waals surface area contributed by atoms with Gasteiger partial charge in [-0.3, -0.25) is 9.89 Å². The lowest BCUT2D eigenvalue weighted by Gasteiger charge is -2.34. The molecule has 0 bridgehead atoms. The van der Waals surface area contributed by atoms with Crippen molar-refractivity contribution in [1.29, 1.82) is 0 Å². The molecule has 0 aliphatic carbocycles. The van der Waals surface area contributed by atoms with Gasteiger partial charge < -0.3 is 20.5 Å². The first-order valence-corrected chi connectivity index (χ1v) is 8.56. The van der Waals surface area contributed by atoms with E-state index < -0.39 is 52.1 Å². The number of alkyl halides is 3. The van der Waals surface area contributed by atoms with Crippen molar-refractivity contribution in [3.05, 3.63) is 52.0 Å². The van der Waals surface area contributed by atoms with Gasteiger partial charge in [0.15, 0.2) is 0 Å². The zero-order chi connectivity index (χ0) is 21.1. The summed E-state index contributed by atoms with van der Waals surface area (Å²) in [5.41, 5.74) is 2.22. The van der Waals surface area contributed by atoms with Crippen molar-refractivity contribution in [2.24, 2.45) is 5.73 Å². The Morgan fingerprint density at radius 3 is 2.76 bits per heavy atom. The van der Waals surface area contributed by atoms with E-state index in [9.17, 15) is 22.8 Å². The number of esters is 1. The van der Waals surface area contributed by atoms with Crippen LogP contribution in [0.5, 0.6) is 5.88 Å². The highest BCUT2D eigenvalue weighted by Crippen LogP contribution is 2.56. The smallest absolute Gasteiger partial charge is 0.433 e. The van der Waals surface area contributed by atoms with Crippen LogP contribution in [0.1, 0.15) is 29.3 Å². The molecular weight excluding hydrogens is 393 g/mol. The fourth-order valence-corrected chi connectivity index (χ4v) is 3.79. The zero-order valence-corrected chi connectivity index (χ0v) is 15.2. The molecule has 1 amide bonds. The number of nitrogens with one attached hydrogen (secondary N) is 2. The lowest BCUT2D eigenvalue weighted by atomic mass is 9.68. The molecule has 4 rings (SSSR count).